The third-order valence-corrected chi connectivity index (χ3v) is 6.38. The van der Waals surface area contributed by atoms with Gasteiger partial charge in [-0.3, -0.25) is 0 Å². The Bertz CT molecular complexity index is 740. The number of benzene rings is 2. The Labute approximate surface area is 130 Å². The average molecular weight is 318 g/mol. The second-order valence-corrected chi connectivity index (χ2v) is 7.92. The highest BCUT2D eigenvalue weighted by molar-refractivity contribution is 8.18. The molecule has 2 rings (SSSR count). The normalized spacial score (nSPS) is 12.4. The number of sulfone groups is 1. The number of thioether (sulfide) groups is 1. The van der Waals surface area contributed by atoms with Gasteiger partial charge in [0.1, 0.15) is 4.24 Å². The van der Waals surface area contributed by atoms with Crippen LogP contribution in [-0.4, -0.2) is 14.7 Å². The van der Waals surface area contributed by atoms with E-state index in [9.17, 15) is 8.42 Å². The number of aryl methyl sites for hydroxylation is 2. The summed E-state index contributed by atoms with van der Waals surface area (Å²) >= 11 is 1.25. The van der Waals surface area contributed by atoms with Crippen molar-refractivity contribution in [3.63, 3.8) is 0 Å². The van der Waals surface area contributed by atoms with Crippen LogP contribution in [0, 0.1) is 13.8 Å². The predicted molar refractivity (Wildman–Crippen MR) is 91.0 cm³/mol. The molecular formula is C17H18O2S2. The zero-order valence-electron chi connectivity index (χ0n) is 12.3. The van der Waals surface area contributed by atoms with Crippen LogP contribution in [-0.2, 0) is 9.84 Å². The molecule has 2 aromatic rings. The number of rotatable bonds is 4. The van der Waals surface area contributed by atoms with Crippen LogP contribution in [0.15, 0.2) is 57.7 Å². The van der Waals surface area contributed by atoms with E-state index in [0.717, 1.165) is 16.7 Å². The molecule has 0 heterocycles. The van der Waals surface area contributed by atoms with Crippen LogP contribution in [0.3, 0.4) is 0 Å². The van der Waals surface area contributed by atoms with E-state index < -0.39 is 9.84 Å². The summed E-state index contributed by atoms with van der Waals surface area (Å²) in [5.41, 5.74) is 3.09. The van der Waals surface area contributed by atoms with Crippen LogP contribution in [0.25, 0.3) is 6.08 Å². The molecule has 0 aliphatic carbocycles. The van der Waals surface area contributed by atoms with E-state index in [0.29, 0.717) is 9.13 Å². The quantitative estimate of drug-likeness (QED) is 0.836. The van der Waals surface area contributed by atoms with Crippen molar-refractivity contribution in [3.8, 4) is 0 Å². The summed E-state index contributed by atoms with van der Waals surface area (Å²) in [6, 6.07) is 14.7. The van der Waals surface area contributed by atoms with E-state index in [1.54, 1.807) is 24.5 Å². The van der Waals surface area contributed by atoms with Crippen molar-refractivity contribution in [3.05, 3.63) is 69.5 Å². The summed E-state index contributed by atoms with van der Waals surface area (Å²) in [7, 11) is -3.45. The lowest BCUT2D eigenvalue weighted by Gasteiger charge is -2.07. The molecule has 0 bridgehead atoms. The van der Waals surface area contributed by atoms with Crippen molar-refractivity contribution in [2.75, 3.05) is 6.26 Å². The Hall–Kier alpha value is -1.52. The molecule has 0 atom stereocenters. The molecule has 0 aliphatic heterocycles. The fraction of sp³-hybridized carbons (Fsp3) is 0.176. The van der Waals surface area contributed by atoms with Crippen LogP contribution in [0.1, 0.15) is 16.7 Å². The first-order valence-electron chi connectivity index (χ1n) is 6.57. The second kappa shape index (κ2) is 6.50. The van der Waals surface area contributed by atoms with Crippen molar-refractivity contribution in [2.45, 2.75) is 18.7 Å². The molecule has 0 N–H and O–H groups in total. The minimum Gasteiger partial charge on any atom is -0.218 e. The minimum atomic E-state index is -3.45. The highest BCUT2D eigenvalue weighted by atomic mass is 32.3. The Kier molecular flexibility index (Phi) is 4.91. The van der Waals surface area contributed by atoms with Gasteiger partial charge in [-0.05, 0) is 43.9 Å². The van der Waals surface area contributed by atoms with Gasteiger partial charge in [-0.2, -0.15) is 0 Å². The maximum atomic E-state index is 12.7. The van der Waals surface area contributed by atoms with Crippen molar-refractivity contribution >= 4 is 27.7 Å². The summed E-state index contributed by atoms with van der Waals surface area (Å²) < 4.78 is 25.7. The van der Waals surface area contributed by atoms with Gasteiger partial charge in [-0.25, -0.2) is 8.42 Å². The van der Waals surface area contributed by atoms with Gasteiger partial charge in [0, 0.05) is 0 Å². The Morgan fingerprint density at radius 2 is 1.38 bits per heavy atom. The molecule has 0 saturated heterocycles. The first-order valence-corrected chi connectivity index (χ1v) is 9.28. The summed E-state index contributed by atoms with van der Waals surface area (Å²) in [5.74, 6) is 0. The summed E-state index contributed by atoms with van der Waals surface area (Å²) in [4.78, 5) is 0.334. The maximum Gasteiger partial charge on any atom is 0.212 e. The molecule has 4 heteroatoms. The lowest BCUT2D eigenvalue weighted by atomic mass is 10.1. The first-order chi connectivity index (χ1) is 9.93. The molecule has 0 amide bonds. The van der Waals surface area contributed by atoms with Crippen molar-refractivity contribution < 1.29 is 8.42 Å². The standard InChI is InChI=1S/C17H18O2S2/c1-13-4-8-15(9-5-13)12-17(20-3)21(18,19)16-10-6-14(2)7-11-16/h4-12H,1-3H3/b17-12+. The Morgan fingerprint density at radius 3 is 1.86 bits per heavy atom. The largest absolute Gasteiger partial charge is 0.218 e. The van der Waals surface area contributed by atoms with Crippen molar-refractivity contribution in [2.24, 2.45) is 0 Å². The molecule has 0 spiro atoms. The molecule has 0 fully saturated rings. The molecule has 0 unspecified atom stereocenters. The summed E-state index contributed by atoms with van der Waals surface area (Å²) in [6.45, 7) is 3.94. The minimum absolute atomic E-state index is 0.334. The van der Waals surface area contributed by atoms with Crippen LogP contribution in [0.4, 0.5) is 0 Å². The summed E-state index contributed by atoms with van der Waals surface area (Å²) in [6.07, 6.45) is 3.51. The third-order valence-electron chi connectivity index (χ3n) is 3.16. The van der Waals surface area contributed by atoms with Gasteiger partial charge in [0.2, 0.25) is 9.84 Å². The molecule has 0 radical (unpaired) electrons. The molecule has 2 aromatic carbocycles. The molecule has 0 aromatic heterocycles. The van der Waals surface area contributed by atoms with Gasteiger partial charge in [-0.15, -0.1) is 11.8 Å². The molecule has 0 saturated carbocycles. The highest BCUT2D eigenvalue weighted by Crippen LogP contribution is 2.29. The van der Waals surface area contributed by atoms with Gasteiger partial charge >= 0.3 is 0 Å². The Morgan fingerprint density at radius 1 is 0.905 bits per heavy atom. The van der Waals surface area contributed by atoms with Crippen LogP contribution < -0.4 is 0 Å². The van der Waals surface area contributed by atoms with Crippen LogP contribution in [0.2, 0.25) is 0 Å². The maximum absolute atomic E-state index is 12.7. The lowest BCUT2D eigenvalue weighted by Crippen LogP contribution is -2.02. The van der Waals surface area contributed by atoms with Gasteiger partial charge in [0.15, 0.2) is 0 Å². The monoisotopic (exact) mass is 318 g/mol. The van der Waals surface area contributed by atoms with E-state index in [-0.39, 0.29) is 0 Å². The molecule has 0 aliphatic rings. The van der Waals surface area contributed by atoms with Gasteiger partial charge in [0.25, 0.3) is 0 Å². The molecule has 110 valence electrons. The zero-order valence-corrected chi connectivity index (χ0v) is 14.0. The topological polar surface area (TPSA) is 34.1 Å². The average Bonchev–Trinajstić information content (AvgIpc) is 2.47. The third kappa shape index (κ3) is 3.77. The van der Waals surface area contributed by atoms with Gasteiger partial charge in [-0.1, -0.05) is 47.5 Å². The molecule has 21 heavy (non-hydrogen) atoms. The molecular weight excluding hydrogens is 300 g/mol. The van der Waals surface area contributed by atoms with Crippen LogP contribution >= 0.6 is 11.8 Å². The first kappa shape index (κ1) is 15.9. The summed E-state index contributed by atoms with van der Waals surface area (Å²) in [5, 5.41) is 0. The van der Waals surface area contributed by atoms with Crippen LogP contribution in [0.5, 0.6) is 0 Å². The molecule has 2 nitrogen and oxygen atoms in total. The van der Waals surface area contributed by atoms with Gasteiger partial charge in [0.05, 0.1) is 4.90 Å². The number of hydrogen-bond donors (Lipinski definition) is 0. The SMILES string of the molecule is CS/C(=C\c1ccc(C)cc1)S(=O)(=O)c1ccc(C)cc1. The predicted octanol–water partition coefficient (Wildman–Crippen LogP) is 4.44. The Balaban J connectivity index is 2.44. The zero-order chi connectivity index (χ0) is 15.5. The van der Waals surface area contributed by atoms with E-state index >= 15 is 0 Å². The van der Waals surface area contributed by atoms with Crippen molar-refractivity contribution in [1.29, 1.82) is 0 Å². The number of hydrogen-bond acceptors (Lipinski definition) is 3. The van der Waals surface area contributed by atoms with E-state index in [1.165, 1.54) is 11.8 Å². The van der Waals surface area contributed by atoms with E-state index in [4.69, 9.17) is 0 Å². The fourth-order valence-electron chi connectivity index (χ4n) is 1.88. The van der Waals surface area contributed by atoms with E-state index in [2.05, 4.69) is 0 Å². The fourth-order valence-corrected chi connectivity index (χ4v) is 4.32. The highest BCUT2D eigenvalue weighted by Gasteiger charge is 2.19. The van der Waals surface area contributed by atoms with E-state index in [1.807, 2.05) is 50.2 Å². The second-order valence-electron chi connectivity index (χ2n) is 4.89. The van der Waals surface area contributed by atoms with Gasteiger partial charge < -0.3 is 0 Å². The smallest absolute Gasteiger partial charge is 0.212 e. The lowest BCUT2D eigenvalue weighted by molar-refractivity contribution is 0.604. The van der Waals surface area contributed by atoms with Crippen molar-refractivity contribution in [1.82, 2.24) is 0 Å².